The molecule has 0 spiro atoms. The van der Waals surface area contributed by atoms with E-state index in [0.29, 0.717) is 5.56 Å². The molecule has 24 heavy (non-hydrogen) atoms. The summed E-state index contributed by atoms with van der Waals surface area (Å²) in [5.74, 6) is -1.19. The molecule has 0 bridgehead atoms. The van der Waals surface area contributed by atoms with Crippen molar-refractivity contribution in [3.8, 4) is 0 Å². The van der Waals surface area contributed by atoms with E-state index in [-0.39, 0.29) is 24.6 Å². The summed E-state index contributed by atoms with van der Waals surface area (Å²) >= 11 is 0. The van der Waals surface area contributed by atoms with Gasteiger partial charge in [0.2, 0.25) is 0 Å². The van der Waals surface area contributed by atoms with E-state index in [2.05, 4.69) is 10.3 Å². The van der Waals surface area contributed by atoms with Crippen LogP contribution < -0.4 is 5.32 Å². The van der Waals surface area contributed by atoms with Gasteiger partial charge in [-0.1, -0.05) is 0 Å². The zero-order chi connectivity index (χ0) is 18.3. The van der Waals surface area contributed by atoms with Crippen LogP contribution in [0, 0.1) is 0 Å². The number of ether oxygens (including phenoxy) is 3. The lowest BCUT2D eigenvalue weighted by atomic mass is 10.1. The Labute approximate surface area is 140 Å². The van der Waals surface area contributed by atoms with Crippen molar-refractivity contribution >= 4 is 23.7 Å². The summed E-state index contributed by atoms with van der Waals surface area (Å²) in [6.07, 6.45) is 0.607. The molecule has 0 aliphatic rings. The van der Waals surface area contributed by atoms with E-state index < -0.39 is 23.6 Å². The number of anilines is 1. The van der Waals surface area contributed by atoms with Crippen LogP contribution in [-0.2, 0) is 25.6 Å². The maximum atomic E-state index is 12.0. The lowest BCUT2D eigenvalue weighted by Gasteiger charge is -2.21. The minimum atomic E-state index is -0.759. The van der Waals surface area contributed by atoms with Crippen molar-refractivity contribution in [2.24, 2.45) is 0 Å². The standard InChI is InChI=1S/C16H22N2O6/c1-6-22-14(20)13-12(18-15(21)24-16(3,4)5)11(7-8-17-13)9-23-10(2)19/h7-8H,6,9H2,1-5H3,(H,18,21). The number of hydrogen-bond acceptors (Lipinski definition) is 7. The van der Waals surface area contributed by atoms with E-state index in [1.165, 1.54) is 19.2 Å². The molecule has 0 aliphatic carbocycles. The second-order valence-electron chi connectivity index (χ2n) is 5.82. The fourth-order valence-corrected chi connectivity index (χ4v) is 1.70. The van der Waals surface area contributed by atoms with Gasteiger partial charge in [0.15, 0.2) is 5.69 Å². The maximum absolute atomic E-state index is 12.0. The van der Waals surface area contributed by atoms with E-state index in [1.54, 1.807) is 27.7 Å². The molecule has 0 saturated carbocycles. The average molecular weight is 338 g/mol. The number of pyridine rings is 1. The van der Waals surface area contributed by atoms with Gasteiger partial charge in [-0.2, -0.15) is 0 Å². The molecule has 0 radical (unpaired) electrons. The number of carbonyl (C=O) groups is 3. The van der Waals surface area contributed by atoms with E-state index in [1.807, 2.05) is 0 Å². The molecule has 0 atom stereocenters. The van der Waals surface area contributed by atoms with Crippen molar-refractivity contribution in [2.75, 3.05) is 11.9 Å². The topological polar surface area (TPSA) is 104 Å². The third-order valence-corrected chi connectivity index (χ3v) is 2.56. The Hall–Kier alpha value is -2.64. The zero-order valence-corrected chi connectivity index (χ0v) is 14.5. The highest BCUT2D eigenvalue weighted by molar-refractivity contribution is 5.99. The second kappa shape index (κ2) is 8.28. The van der Waals surface area contributed by atoms with Gasteiger partial charge >= 0.3 is 18.0 Å². The van der Waals surface area contributed by atoms with Crippen LogP contribution in [0.25, 0.3) is 0 Å². The van der Waals surface area contributed by atoms with Gasteiger partial charge in [0, 0.05) is 18.7 Å². The highest BCUT2D eigenvalue weighted by atomic mass is 16.6. The summed E-state index contributed by atoms with van der Waals surface area (Å²) in [6.45, 7) is 8.07. The van der Waals surface area contributed by atoms with Crippen LogP contribution in [0.3, 0.4) is 0 Å². The minimum Gasteiger partial charge on any atom is -0.461 e. The van der Waals surface area contributed by atoms with E-state index >= 15 is 0 Å². The molecule has 0 unspecified atom stereocenters. The summed E-state index contributed by atoms with van der Waals surface area (Å²) in [7, 11) is 0. The molecule has 1 amide bonds. The Bertz CT molecular complexity index is 621. The van der Waals surface area contributed by atoms with E-state index in [0.717, 1.165) is 0 Å². The molecule has 1 heterocycles. The molecular formula is C16H22N2O6. The molecule has 0 fully saturated rings. The van der Waals surface area contributed by atoms with Crippen molar-refractivity contribution in [3.05, 3.63) is 23.5 Å². The number of aromatic nitrogens is 1. The van der Waals surface area contributed by atoms with Crippen LogP contribution in [0.2, 0.25) is 0 Å². The van der Waals surface area contributed by atoms with Gasteiger partial charge in [-0.3, -0.25) is 10.1 Å². The zero-order valence-electron chi connectivity index (χ0n) is 14.5. The molecule has 1 aromatic rings. The Morgan fingerprint density at radius 1 is 1.21 bits per heavy atom. The van der Waals surface area contributed by atoms with Gasteiger partial charge < -0.3 is 14.2 Å². The predicted molar refractivity (Wildman–Crippen MR) is 85.5 cm³/mol. The monoisotopic (exact) mass is 338 g/mol. The van der Waals surface area contributed by atoms with Crippen molar-refractivity contribution in [3.63, 3.8) is 0 Å². The highest BCUT2D eigenvalue weighted by Crippen LogP contribution is 2.22. The van der Waals surface area contributed by atoms with E-state index in [4.69, 9.17) is 14.2 Å². The molecule has 8 nitrogen and oxygen atoms in total. The molecular weight excluding hydrogens is 316 g/mol. The van der Waals surface area contributed by atoms with Crippen LogP contribution >= 0.6 is 0 Å². The molecule has 0 saturated heterocycles. The number of rotatable bonds is 5. The minimum absolute atomic E-state index is 0.0893. The first-order valence-electron chi connectivity index (χ1n) is 7.42. The number of esters is 2. The summed E-state index contributed by atoms with van der Waals surface area (Å²) in [6, 6.07) is 1.53. The fourth-order valence-electron chi connectivity index (χ4n) is 1.70. The van der Waals surface area contributed by atoms with Gasteiger partial charge in [-0.05, 0) is 33.8 Å². The smallest absolute Gasteiger partial charge is 0.412 e. The summed E-state index contributed by atoms with van der Waals surface area (Å²) in [5.41, 5.74) is -0.320. The fraction of sp³-hybridized carbons (Fsp3) is 0.500. The third-order valence-electron chi connectivity index (χ3n) is 2.56. The Morgan fingerprint density at radius 2 is 1.88 bits per heavy atom. The quantitative estimate of drug-likeness (QED) is 0.650. The van der Waals surface area contributed by atoms with Crippen molar-refractivity contribution in [2.45, 2.75) is 46.8 Å². The first-order valence-corrected chi connectivity index (χ1v) is 7.42. The Morgan fingerprint density at radius 3 is 2.42 bits per heavy atom. The van der Waals surface area contributed by atoms with Gasteiger partial charge in [-0.15, -0.1) is 0 Å². The van der Waals surface area contributed by atoms with Crippen molar-refractivity contribution in [1.29, 1.82) is 0 Å². The molecule has 1 aromatic heterocycles. The van der Waals surface area contributed by atoms with E-state index in [9.17, 15) is 14.4 Å². The van der Waals surface area contributed by atoms with Gasteiger partial charge in [0.05, 0.1) is 12.3 Å². The number of nitrogens with zero attached hydrogens (tertiary/aromatic N) is 1. The van der Waals surface area contributed by atoms with Crippen molar-refractivity contribution in [1.82, 2.24) is 4.98 Å². The first-order chi connectivity index (χ1) is 11.1. The van der Waals surface area contributed by atoms with Crippen LogP contribution in [0.5, 0.6) is 0 Å². The Kier molecular flexibility index (Phi) is 6.69. The summed E-state index contributed by atoms with van der Waals surface area (Å²) in [4.78, 5) is 39.0. The second-order valence-corrected chi connectivity index (χ2v) is 5.82. The number of amides is 1. The average Bonchev–Trinajstić information content (AvgIpc) is 2.44. The number of carbonyl (C=O) groups excluding carboxylic acids is 3. The molecule has 8 heteroatoms. The maximum Gasteiger partial charge on any atom is 0.412 e. The van der Waals surface area contributed by atoms with Crippen LogP contribution in [-0.4, -0.2) is 35.2 Å². The van der Waals surface area contributed by atoms with Gasteiger partial charge in [0.25, 0.3) is 0 Å². The number of hydrogen-bond donors (Lipinski definition) is 1. The van der Waals surface area contributed by atoms with Crippen molar-refractivity contribution < 1.29 is 28.6 Å². The van der Waals surface area contributed by atoms with Crippen LogP contribution in [0.1, 0.15) is 50.7 Å². The normalized spacial score (nSPS) is 10.7. The Balaban J connectivity index is 3.15. The van der Waals surface area contributed by atoms with Gasteiger partial charge in [0.1, 0.15) is 12.2 Å². The largest absolute Gasteiger partial charge is 0.461 e. The predicted octanol–water partition coefficient (Wildman–Crippen LogP) is 2.67. The molecule has 0 aromatic carbocycles. The third kappa shape index (κ3) is 6.23. The molecule has 132 valence electrons. The lowest BCUT2D eigenvalue weighted by molar-refractivity contribution is -0.142. The van der Waals surface area contributed by atoms with Crippen LogP contribution in [0.4, 0.5) is 10.5 Å². The SMILES string of the molecule is CCOC(=O)c1nccc(COC(C)=O)c1NC(=O)OC(C)(C)C. The molecule has 1 rings (SSSR count). The lowest BCUT2D eigenvalue weighted by Crippen LogP contribution is -2.28. The molecule has 1 N–H and O–H groups in total. The summed E-state index contributed by atoms with van der Waals surface area (Å²) in [5, 5.41) is 2.48. The van der Waals surface area contributed by atoms with Gasteiger partial charge in [-0.25, -0.2) is 14.6 Å². The highest BCUT2D eigenvalue weighted by Gasteiger charge is 2.23. The summed E-state index contributed by atoms with van der Waals surface area (Å²) < 4.78 is 15.0. The van der Waals surface area contributed by atoms with Crippen LogP contribution in [0.15, 0.2) is 12.3 Å². The molecule has 0 aliphatic heterocycles. The first kappa shape index (κ1) is 19.4. The number of nitrogens with one attached hydrogen (secondary N) is 1.